The fraction of sp³-hybridized carbons (Fsp3) is 0.182. The highest BCUT2D eigenvalue weighted by Crippen LogP contribution is 2.36. The lowest BCUT2D eigenvalue weighted by molar-refractivity contribution is -0.146. The summed E-state index contributed by atoms with van der Waals surface area (Å²) in [5.41, 5.74) is 0.354. The highest BCUT2D eigenvalue weighted by Gasteiger charge is 2.46. The highest BCUT2D eigenvalue weighted by molar-refractivity contribution is 6.31. The van der Waals surface area contributed by atoms with E-state index in [0.29, 0.717) is 5.76 Å². The first-order chi connectivity index (χ1) is 7.97. The number of carboxylic acid groups (broad SMARTS) is 1. The first-order valence-electron chi connectivity index (χ1n) is 4.79. The Hall–Kier alpha value is -1.59. The Morgan fingerprint density at radius 2 is 2.29 bits per heavy atom. The lowest BCUT2D eigenvalue weighted by atomic mass is 9.90. The van der Waals surface area contributed by atoms with E-state index >= 15 is 0 Å². The number of aliphatic carboxylic acids is 1. The van der Waals surface area contributed by atoms with Crippen LogP contribution in [-0.4, -0.2) is 11.1 Å². The number of carbonyl (C=O) groups is 1. The van der Waals surface area contributed by atoms with Crippen LogP contribution in [0.3, 0.4) is 0 Å². The van der Waals surface area contributed by atoms with Gasteiger partial charge in [0.1, 0.15) is 11.6 Å². The van der Waals surface area contributed by atoms with E-state index in [1.165, 1.54) is 18.2 Å². The largest absolute Gasteiger partial charge is 0.479 e. The van der Waals surface area contributed by atoms with Crippen LogP contribution >= 0.6 is 11.6 Å². The van der Waals surface area contributed by atoms with Gasteiger partial charge in [-0.25, -0.2) is 9.18 Å². The van der Waals surface area contributed by atoms with E-state index < -0.39 is 17.3 Å². The van der Waals surface area contributed by atoms with Crippen molar-refractivity contribution in [2.75, 3.05) is 0 Å². The number of hydrogen-bond donors (Lipinski definition) is 2. The van der Waals surface area contributed by atoms with Crippen molar-refractivity contribution in [1.82, 2.24) is 5.48 Å². The molecule has 0 amide bonds. The zero-order valence-electron chi connectivity index (χ0n) is 8.83. The van der Waals surface area contributed by atoms with E-state index in [9.17, 15) is 14.3 Å². The molecule has 0 bridgehead atoms. The average molecular weight is 258 g/mol. The Morgan fingerprint density at radius 1 is 1.59 bits per heavy atom. The van der Waals surface area contributed by atoms with Crippen LogP contribution in [0.1, 0.15) is 12.5 Å². The van der Waals surface area contributed by atoms with E-state index in [0.717, 1.165) is 6.07 Å². The van der Waals surface area contributed by atoms with Crippen LogP contribution < -0.4 is 5.48 Å². The fourth-order valence-corrected chi connectivity index (χ4v) is 2.05. The lowest BCUT2D eigenvalue weighted by Crippen LogP contribution is -2.44. The highest BCUT2D eigenvalue weighted by atomic mass is 35.5. The van der Waals surface area contributed by atoms with Crippen molar-refractivity contribution in [3.8, 4) is 0 Å². The molecular formula is C11H9ClFNO3. The monoisotopic (exact) mass is 257 g/mol. The third-order valence-corrected chi connectivity index (χ3v) is 2.80. The Kier molecular flexibility index (Phi) is 2.81. The topological polar surface area (TPSA) is 58.6 Å². The summed E-state index contributed by atoms with van der Waals surface area (Å²) in [6.45, 7) is 1.56. The summed E-state index contributed by atoms with van der Waals surface area (Å²) in [7, 11) is 0. The molecule has 0 saturated carbocycles. The molecule has 0 radical (unpaired) electrons. The van der Waals surface area contributed by atoms with E-state index in [-0.39, 0.29) is 10.6 Å². The third-order valence-electron chi connectivity index (χ3n) is 2.49. The average Bonchev–Trinajstić information content (AvgIpc) is 2.61. The van der Waals surface area contributed by atoms with Crippen molar-refractivity contribution < 1.29 is 19.1 Å². The second-order valence-electron chi connectivity index (χ2n) is 3.67. The number of benzene rings is 1. The van der Waals surface area contributed by atoms with E-state index in [2.05, 4.69) is 5.48 Å². The molecule has 2 rings (SSSR count). The van der Waals surface area contributed by atoms with Crippen LogP contribution in [0.5, 0.6) is 0 Å². The number of nitrogens with one attached hydrogen (secondary N) is 1. The van der Waals surface area contributed by atoms with Crippen LogP contribution in [0.2, 0.25) is 5.02 Å². The molecule has 0 fully saturated rings. The maximum absolute atomic E-state index is 13.8. The second-order valence-corrected chi connectivity index (χ2v) is 4.08. The Bertz CT molecular complexity index is 497. The number of hydrogen-bond acceptors (Lipinski definition) is 3. The molecule has 6 heteroatoms. The van der Waals surface area contributed by atoms with E-state index in [4.69, 9.17) is 16.4 Å². The molecular weight excluding hydrogens is 249 g/mol. The predicted molar refractivity (Wildman–Crippen MR) is 58.7 cm³/mol. The maximum atomic E-state index is 13.8. The normalized spacial score (nSPS) is 23.1. The molecule has 0 saturated heterocycles. The minimum Gasteiger partial charge on any atom is -0.479 e. The van der Waals surface area contributed by atoms with Crippen LogP contribution in [0, 0.1) is 5.82 Å². The van der Waals surface area contributed by atoms with Gasteiger partial charge in [-0.05, 0) is 25.1 Å². The zero-order chi connectivity index (χ0) is 12.6. The van der Waals surface area contributed by atoms with Crippen molar-refractivity contribution in [3.05, 3.63) is 46.4 Å². The Balaban J connectivity index is 2.67. The molecule has 1 atom stereocenters. The molecule has 2 N–H and O–H groups in total. The SMILES string of the molecule is CC1=CC(C(=O)O)(c2c(F)cccc2Cl)NO1. The van der Waals surface area contributed by atoms with Gasteiger partial charge in [0.15, 0.2) is 0 Å². The van der Waals surface area contributed by atoms with Gasteiger partial charge in [0.2, 0.25) is 5.54 Å². The molecule has 17 heavy (non-hydrogen) atoms. The second kappa shape index (κ2) is 4.01. The van der Waals surface area contributed by atoms with Gasteiger partial charge in [0, 0.05) is 10.6 Å². The number of allylic oxidation sites excluding steroid dienone is 1. The van der Waals surface area contributed by atoms with E-state index in [1.807, 2.05) is 0 Å². The summed E-state index contributed by atoms with van der Waals surface area (Å²) in [6.07, 6.45) is 1.28. The molecule has 1 aliphatic rings. The summed E-state index contributed by atoms with van der Waals surface area (Å²) >= 11 is 5.86. The standard InChI is InChI=1S/C11H9ClFNO3/c1-6-5-11(10(15)16,14-17-6)9-7(12)3-2-4-8(9)13/h2-5,14H,1H3,(H,15,16). The molecule has 0 aromatic heterocycles. The smallest absolute Gasteiger partial charge is 0.336 e. The van der Waals surface area contributed by atoms with Crippen molar-refractivity contribution >= 4 is 17.6 Å². The van der Waals surface area contributed by atoms with Gasteiger partial charge in [0.25, 0.3) is 0 Å². The molecule has 1 aromatic carbocycles. The molecule has 1 heterocycles. The molecule has 1 aliphatic heterocycles. The summed E-state index contributed by atoms with van der Waals surface area (Å²) in [6, 6.07) is 3.98. The molecule has 90 valence electrons. The summed E-state index contributed by atoms with van der Waals surface area (Å²) in [5.74, 6) is -1.66. The zero-order valence-corrected chi connectivity index (χ0v) is 9.58. The summed E-state index contributed by atoms with van der Waals surface area (Å²) in [4.78, 5) is 16.3. The number of halogens is 2. The molecule has 4 nitrogen and oxygen atoms in total. The fourth-order valence-electron chi connectivity index (χ4n) is 1.73. The molecule has 1 unspecified atom stereocenters. The van der Waals surface area contributed by atoms with Crippen molar-refractivity contribution in [3.63, 3.8) is 0 Å². The third kappa shape index (κ3) is 1.77. The molecule has 0 aliphatic carbocycles. The van der Waals surface area contributed by atoms with Gasteiger partial charge < -0.3 is 9.94 Å². The molecule has 1 aromatic rings. The van der Waals surface area contributed by atoms with Crippen molar-refractivity contribution in [2.45, 2.75) is 12.5 Å². The first kappa shape index (κ1) is 11.9. The number of rotatable bonds is 2. The number of carboxylic acids is 1. The lowest BCUT2D eigenvalue weighted by Gasteiger charge is -2.23. The molecule has 0 spiro atoms. The Morgan fingerprint density at radius 3 is 2.76 bits per heavy atom. The van der Waals surface area contributed by atoms with Crippen LogP contribution in [0.25, 0.3) is 0 Å². The maximum Gasteiger partial charge on any atom is 0.336 e. The minimum atomic E-state index is -1.79. The van der Waals surface area contributed by atoms with Crippen LogP contribution in [0.15, 0.2) is 30.0 Å². The quantitative estimate of drug-likeness (QED) is 0.853. The van der Waals surface area contributed by atoms with Crippen LogP contribution in [-0.2, 0) is 15.2 Å². The number of hydroxylamine groups is 1. The summed E-state index contributed by atoms with van der Waals surface area (Å²) in [5, 5.41) is 9.29. The van der Waals surface area contributed by atoms with Crippen molar-refractivity contribution in [1.29, 1.82) is 0 Å². The van der Waals surface area contributed by atoms with Gasteiger partial charge in [0.05, 0.1) is 0 Å². The van der Waals surface area contributed by atoms with Gasteiger partial charge in [-0.1, -0.05) is 17.7 Å². The van der Waals surface area contributed by atoms with Gasteiger partial charge >= 0.3 is 5.97 Å². The van der Waals surface area contributed by atoms with Gasteiger partial charge in [-0.15, -0.1) is 5.48 Å². The van der Waals surface area contributed by atoms with Crippen LogP contribution in [0.4, 0.5) is 4.39 Å². The van der Waals surface area contributed by atoms with Gasteiger partial charge in [-0.2, -0.15) is 0 Å². The van der Waals surface area contributed by atoms with Crippen molar-refractivity contribution in [2.24, 2.45) is 0 Å². The van der Waals surface area contributed by atoms with E-state index in [1.54, 1.807) is 6.92 Å². The Labute approximate surface area is 102 Å². The van der Waals surface area contributed by atoms with Gasteiger partial charge in [-0.3, -0.25) is 0 Å². The summed E-state index contributed by atoms with van der Waals surface area (Å²) < 4.78 is 13.8. The predicted octanol–water partition coefficient (Wildman–Crippen LogP) is 2.20. The minimum absolute atomic E-state index is 0.0226. The first-order valence-corrected chi connectivity index (χ1v) is 5.16.